The number of carbonyl (C=O) groups excluding carboxylic acids is 3. The molecule has 0 aromatic heterocycles. The maximum absolute atomic E-state index is 12.7. The zero-order chi connectivity index (χ0) is 25.0. The van der Waals surface area contributed by atoms with E-state index in [-0.39, 0.29) is 24.8 Å². The fourth-order valence-corrected chi connectivity index (χ4v) is 2.60. The van der Waals surface area contributed by atoms with Crippen LogP contribution < -0.4 is 33.2 Å². The van der Waals surface area contributed by atoms with Crippen LogP contribution in [0.1, 0.15) is 47.0 Å². The van der Waals surface area contributed by atoms with Crippen molar-refractivity contribution >= 4 is 29.7 Å². The van der Waals surface area contributed by atoms with Gasteiger partial charge in [-0.3, -0.25) is 19.4 Å². The second-order valence-electron chi connectivity index (χ2n) is 7.72. The normalized spacial score (nSPS) is 16.4. The summed E-state index contributed by atoms with van der Waals surface area (Å²) in [6, 6.07) is -4.48. The van der Waals surface area contributed by atoms with Gasteiger partial charge in [-0.25, -0.2) is 4.79 Å². The molecule has 32 heavy (non-hydrogen) atoms. The van der Waals surface area contributed by atoms with Crippen LogP contribution in [0.25, 0.3) is 0 Å². The summed E-state index contributed by atoms with van der Waals surface area (Å²) in [4.78, 5) is 52.5. The number of aliphatic imine (C=N–C) groups is 1. The largest absolute Gasteiger partial charge is 0.480 e. The molecule has 184 valence electrons. The van der Waals surface area contributed by atoms with E-state index in [0.29, 0.717) is 12.8 Å². The van der Waals surface area contributed by atoms with Gasteiger partial charge in [0.1, 0.15) is 24.2 Å². The minimum atomic E-state index is -1.24. The summed E-state index contributed by atoms with van der Waals surface area (Å²) >= 11 is 0. The molecular formula is C19H37N7O6. The lowest BCUT2D eigenvalue weighted by molar-refractivity contribution is -0.142. The number of hydrogen-bond donors (Lipinski definition) is 8. The quantitative estimate of drug-likeness (QED) is 0.0768. The second-order valence-corrected chi connectivity index (χ2v) is 7.72. The van der Waals surface area contributed by atoms with E-state index in [2.05, 4.69) is 20.9 Å². The van der Waals surface area contributed by atoms with Gasteiger partial charge in [-0.15, -0.1) is 0 Å². The molecule has 6 unspecified atom stereocenters. The molecule has 0 aliphatic rings. The number of nitrogens with two attached hydrogens (primary N) is 3. The second kappa shape index (κ2) is 14.2. The Morgan fingerprint density at radius 2 is 1.56 bits per heavy atom. The molecule has 3 amide bonds. The third-order valence-corrected chi connectivity index (χ3v) is 4.93. The minimum absolute atomic E-state index is 0.0846. The van der Waals surface area contributed by atoms with Gasteiger partial charge in [0, 0.05) is 6.54 Å². The van der Waals surface area contributed by atoms with Crippen LogP contribution >= 0.6 is 0 Å². The lowest BCUT2D eigenvalue weighted by Gasteiger charge is -2.27. The lowest BCUT2D eigenvalue weighted by atomic mass is 9.97. The molecule has 6 atom stereocenters. The molecule has 0 bridgehead atoms. The molecule has 0 rings (SSSR count). The van der Waals surface area contributed by atoms with Crippen LogP contribution in [0, 0.1) is 5.92 Å². The highest BCUT2D eigenvalue weighted by Crippen LogP contribution is 2.09. The third kappa shape index (κ3) is 10.4. The van der Waals surface area contributed by atoms with Crippen LogP contribution in [0.2, 0.25) is 0 Å². The highest BCUT2D eigenvalue weighted by Gasteiger charge is 2.31. The number of amides is 3. The first-order valence-corrected chi connectivity index (χ1v) is 10.4. The van der Waals surface area contributed by atoms with E-state index in [1.165, 1.54) is 13.8 Å². The van der Waals surface area contributed by atoms with Crippen LogP contribution in [-0.2, 0) is 19.2 Å². The number of nitrogens with zero attached hydrogens (tertiary/aromatic N) is 1. The first-order chi connectivity index (χ1) is 14.8. The van der Waals surface area contributed by atoms with Crippen molar-refractivity contribution in [1.82, 2.24) is 16.0 Å². The van der Waals surface area contributed by atoms with Crippen LogP contribution in [0.4, 0.5) is 0 Å². The van der Waals surface area contributed by atoms with Crippen LogP contribution in [0.3, 0.4) is 0 Å². The Morgan fingerprint density at radius 1 is 0.969 bits per heavy atom. The van der Waals surface area contributed by atoms with Crippen LogP contribution in [0.15, 0.2) is 4.99 Å². The minimum Gasteiger partial charge on any atom is -0.480 e. The fourth-order valence-electron chi connectivity index (χ4n) is 2.60. The van der Waals surface area contributed by atoms with Crippen LogP contribution in [0.5, 0.6) is 0 Å². The molecule has 13 heteroatoms. The van der Waals surface area contributed by atoms with Gasteiger partial charge in [-0.2, -0.15) is 0 Å². The summed E-state index contributed by atoms with van der Waals surface area (Å²) in [6.45, 7) is 6.51. The molecule has 0 aliphatic heterocycles. The van der Waals surface area contributed by atoms with Gasteiger partial charge in [0.2, 0.25) is 17.7 Å². The van der Waals surface area contributed by atoms with Crippen molar-refractivity contribution in [2.24, 2.45) is 28.1 Å². The number of aliphatic hydroxyl groups excluding tert-OH is 1. The molecule has 13 nitrogen and oxygen atoms in total. The van der Waals surface area contributed by atoms with Gasteiger partial charge in [-0.05, 0) is 32.6 Å². The molecule has 0 fully saturated rings. The van der Waals surface area contributed by atoms with E-state index in [1.54, 1.807) is 6.92 Å². The summed E-state index contributed by atoms with van der Waals surface area (Å²) in [5.41, 5.74) is 16.0. The van der Waals surface area contributed by atoms with Crippen LogP contribution in [-0.4, -0.2) is 76.7 Å². The molecule has 0 aromatic rings. The number of nitrogens with one attached hydrogen (secondary N) is 3. The summed E-state index contributed by atoms with van der Waals surface area (Å²) in [6.07, 6.45) is -0.164. The predicted octanol–water partition coefficient (Wildman–Crippen LogP) is -2.65. The number of carbonyl (C=O) groups is 4. The SMILES string of the molecule is CCC(C)C(NC(=O)C(N)C(C)O)C(=O)NC(C)C(=O)NC(CCCN=C(N)N)C(=O)O. The molecule has 11 N–H and O–H groups in total. The summed E-state index contributed by atoms with van der Waals surface area (Å²) < 4.78 is 0. The number of aliphatic hydroxyl groups is 1. The molecule has 0 saturated carbocycles. The third-order valence-electron chi connectivity index (χ3n) is 4.93. The number of rotatable bonds is 14. The van der Waals surface area contributed by atoms with E-state index in [1.807, 2.05) is 6.92 Å². The first kappa shape index (κ1) is 29.1. The van der Waals surface area contributed by atoms with E-state index >= 15 is 0 Å². The molecule has 0 aromatic carbocycles. The maximum atomic E-state index is 12.7. The average molecular weight is 460 g/mol. The zero-order valence-corrected chi connectivity index (χ0v) is 19.0. The Kier molecular flexibility index (Phi) is 12.9. The highest BCUT2D eigenvalue weighted by atomic mass is 16.4. The maximum Gasteiger partial charge on any atom is 0.326 e. The Labute approximate surface area is 187 Å². The zero-order valence-electron chi connectivity index (χ0n) is 19.0. The summed E-state index contributed by atoms with van der Waals surface area (Å²) in [5, 5.41) is 26.1. The Balaban J connectivity index is 5.06. The monoisotopic (exact) mass is 459 g/mol. The van der Waals surface area contributed by atoms with E-state index in [4.69, 9.17) is 17.2 Å². The van der Waals surface area contributed by atoms with E-state index < -0.39 is 54.0 Å². The van der Waals surface area contributed by atoms with Crippen molar-refractivity contribution < 1.29 is 29.4 Å². The summed E-state index contributed by atoms with van der Waals surface area (Å²) in [7, 11) is 0. The molecule has 0 radical (unpaired) electrons. The standard InChI is InChI=1S/C19H37N7O6/c1-5-9(2)14(26-16(29)13(20)11(4)27)17(30)24-10(3)15(28)25-12(18(31)32)7-6-8-23-19(21)22/h9-14,27H,5-8,20H2,1-4H3,(H,24,30)(H,25,28)(H,26,29)(H,31,32)(H4,21,22,23). The Morgan fingerprint density at radius 3 is 2.03 bits per heavy atom. The molecule has 0 saturated heterocycles. The fraction of sp³-hybridized carbons (Fsp3) is 0.737. The molecular weight excluding hydrogens is 422 g/mol. The average Bonchev–Trinajstić information content (AvgIpc) is 2.71. The van der Waals surface area contributed by atoms with Gasteiger partial charge in [0.25, 0.3) is 0 Å². The Bertz CT molecular complexity index is 681. The Hall–Kier alpha value is -2.93. The number of carboxylic acids is 1. The van der Waals surface area contributed by atoms with Gasteiger partial charge in [0.05, 0.1) is 6.10 Å². The first-order valence-electron chi connectivity index (χ1n) is 10.4. The highest BCUT2D eigenvalue weighted by molar-refractivity contribution is 5.94. The van der Waals surface area contributed by atoms with Crippen molar-refractivity contribution in [3.05, 3.63) is 0 Å². The number of guanidine groups is 1. The van der Waals surface area contributed by atoms with E-state index in [9.17, 15) is 29.4 Å². The lowest BCUT2D eigenvalue weighted by Crippen LogP contribution is -2.59. The van der Waals surface area contributed by atoms with Gasteiger partial charge < -0.3 is 43.4 Å². The number of aliphatic carboxylic acids is 1. The van der Waals surface area contributed by atoms with Crippen molar-refractivity contribution in [3.63, 3.8) is 0 Å². The van der Waals surface area contributed by atoms with Gasteiger partial charge in [-0.1, -0.05) is 20.3 Å². The number of carboxylic acid groups (broad SMARTS) is 1. The molecule has 0 spiro atoms. The predicted molar refractivity (Wildman–Crippen MR) is 118 cm³/mol. The topological polar surface area (TPSA) is 235 Å². The summed E-state index contributed by atoms with van der Waals surface area (Å²) in [5.74, 6) is -3.69. The smallest absolute Gasteiger partial charge is 0.326 e. The van der Waals surface area contributed by atoms with Gasteiger partial charge in [0.15, 0.2) is 5.96 Å². The molecule has 0 aliphatic carbocycles. The van der Waals surface area contributed by atoms with E-state index in [0.717, 1.165) is 0 Å². The van der Waals surface area contributed by atoms with Crippen molar-refractivity contribution in [2.45, 2.75) is 77.2 Å². The van der Waals surface area contributed by atoms with Crippen molar-refractivity contribution in [1.29, 1.82) is 0 Å². The van der Waals surface area contributed by atoms with Gasteiger partial charge >= 0.3 is 5.97 Å². The molecule has 0 heterocycles. The van der Waals surface area contributed by atoms with Crippen molar-refractivity contribution in [3.8, 4) is 0 Å². The number of hydrogen-bond acceptors (Lipinski definition) is 7. The van der Waals surface area contributed by atoms with Crippen molar-refractivity contribution in [2.75, 3.05) is 6.54 Å².